The fourth-order valence-electron chi connectivity index (χ4n) is 1.57. The summed E-state index contributed by atoms with van der Waals surface area (Å²) in [5, 5.41) is 12.8. The molecule has 1 rings (SSSR count). The standard InChI is InChI=1S/C13H20N2O3/c1-9(13(17)15(2)3)14-8-10-7-11(18-4)5-6-12(10)16/h5-7,9,14,16H,8H2,1-4H3. The van der Waals surface area contributed by atoms with Crippen molar-refractivity contribution < 1.29 is 14.6 Å². The van der Waals surface area contributed by atoms with Crippen LogP contribution < -0.4 is 10.1 Å². The van der Waals surface area contributed by atoms with Crippen LogP contribution in [0.3, 0.4) is 0 Å². The summed E-state index contributed by atoms with van der Waals surface area (Å²) in [6.45, 7) is 2.20. The van der Waals surface area contributed by atoms with Gasteiger partial charge in [0.1, 0.15) is 11.5 Å². The Hall–Kier alpha value is -1.75. The van der Waals surface area contributed by atoms with Crippen LogP contribution in [0.2, 0.25) is 0 Å². The highest BCUT2D eigenvalue weighted by Crippen LogP contribution is 2.22. The van der Waals surface area contributed by atoms with Gasteiger partial charge in [0.2, 0.25) is 5.91 Å². The lowest BCUT2D eigenvalue weighted by Crippen LogP contribution is -2.41. The van der Waals surface area contributed by atoms with Crippen molar-refractivity contribution in [1.82, 2.24) is 10.2 Å². The van der Waals surface area contributed by atoms with Gasteiger partial charge in [-0.05, 0) is 25.1 Å². The molecule has 0 heterocycles. The van der Waals surface area contributed by atoms with Gasteiger partial charge in [0.15, 0.2) is 0 Å². The van der Waals surface area contributed by atoms with Gasteiger partial charge in [0.05, 0.1) is 13.2 Å². The molecule has 0 aliphatic heterocycles. The Morgan fingerprint density at radius 3 is 2.72 bits per heavy atom. The third kappa shape index (κ3) is 3.63. The maximum Gasteiger partial charge on any atom is 0.238 e. The minimum absolute atomic E-state index is 0.00242. The molecule has 5 nitrogen and oxygen atoms in total. The first-order chi connectivity index (χ1) is 8.45. The van der Waals surface area contributed by atoms with Crippen molar-refractivity contribution in [1.29, 1.82) is 0 Å². The number of aromatic hydroxyl groups is 1. The molecular formula is C13H20N2O3. The lowest BCUT2D eigenvalue weighted by Gasteiger charge is -2.18. The molecule has 1 amide bonds. The molecule has 5 heteroatoms. The SMILES string of the molecule is COc1ccc(O)c(CNC(C)C(=O)N(C)C)c1. The largest absolute Gasteiger partial charge is 0.508 e. The number of benzene rings is 1. The van der Waals surface area contributed by atoms with Crippen LogP contribution in [0.25, 0.3) is 0 Å². The van der Waals surface area contributed by atoms with Gasteiger partial charge in [0.25, 0.3) is 0 Å². The van der Waals surface area contributed by atoms with Gasteiger partial charge in [-0.3, -0.25) is 4.79 Å². The van der Waals surface area contributed by atoms with Crippen molar-refractivity contribution in [2.45, 2.75) is 19.5 Å². The van der Waals surface area contributed by atoms with Crippen LogP contribution in [-0.2, 0) is 11.3 Å². The van der Waals surface area contributed by atoms with E-state index >= 15 is 0 Å². The molecule has 0 aromatic heterocycles. The summed E-state index contributed by atoms with van der Waals surface area (Å²) in [6.07, 6.45) is 0. The predicted octanol–water partition coefficient (Wildman–Crippen LogP) is 0.967. The summed E-state index contributed by atoms with van der Waals surface area (Å²) >= 11 is 0. The number of methoxy groups -OCH3 is 1. The Morgan fingerprint density at radius 2 is 2.17 bits per heavy atom. The number of carbonyl (C=O) groups excluding carboxylic acids is 1. The number of hydrogen-bond donors (Lipinski definition) is 2. The topological polar surface area (TPSA) is 61.8 Å². The van der Waals surface area contributed by atoms with Crippen LogP contribution in [0.15, 0.2) is 18.2 Å². The smallest absolute Gasteiger partial charge is 0.238 e. The lowest BCUT2D eigenvalue weighted by molar-refractivity contribution is -0.130. The van der Waals surface area contributed by atoms with Crippen molar-refractivity contribution in [2.75, 3.05) is 21.2 Å². The zero-order valence-electron chi connectivity index (χ0n) is 11.2. The van der Waals surface area contributed by atoms with Gasteiger partial charge < -0.3 is 20.1 Å². The minimum Gasteiger partial charge on any atom is -0.508 e. The maximum absolute atomic E-state index is 11.6. The molecule has 0 saturated heterocycles. The molecule has 0 aliphatic rings. The average molecular weight is 252 g/mol. The Kier molecular flexibility index (Phi) is 4.97. The summed E-state index contributed by atoms with van der Waals surface area (Å²) in [5.74, 6) is 0.862. The summed E-state index contributed by atoms with van der Waals surface area (Å²) in [5.41, 5.74) is 0.702. The van der Waals surface area contributed by atoms with Crippen molar-refractivity contribution in [3.05, 3.63) is 23.8 Å². The molecule has 0 radical (unpaired) electrons. The van der Waals surface area contributed by atoms with Crippen molar-refractivity contribution in [2.24, 2.45) is 0 Å². The van der Waals surface area contributed by atoms with E-state index in [0.29, 0.717) is 17.9 Å². The second kappa shape index (κ2) is 6.26. The van der Waals surface area contributed by atoms with Crippen molar-refractivity contribution in [3.8, 4) is 11.5 Å². The van der Waals surface area contributed by atoms with E-state index in [0.717, 1.165) is 0 Å². The van der Waals surface area contributed by atoms with Crippen LogP contribution in [0.1, 0.15) is 12.5 Å². The lowest BCUT2D eigenvalue weighted by atomic mass is 10.1. The predicted molar refractivity (Wildman–Crippen MR) is 69.7 cm³/mol. The first-order valence-electron chi connectivity index (χ1n) is 5.76. The van der Waals surface area contributed by atoms with E-state index in [-0.39, 0.29) is 17.7 Å². The highest BCUT2D eigenvalue weighted by atomic mass is 16.5. The Bertz CT molecular complexity index is 419. The second-order valence-electron chi connectivity index (χ2n) is 4.33. The maximum atomic E-state index is 11.6. The van der Waals surface area contributed by atoms with Crippen LogP contribution in [0.4, 0.5) is 0 Å². The number of amides is 1. The molecule has 0 fully saturated rings. The van der Waals surface area contributed by atoms with Crippen LogP contribution in [0.5, 0.6) is 11.5 Å². The molecule has 18 heavy (non-hydrogen) atoms. The monoisotopic (exact) mass is 252 g/mol. The number of hydrogen-bond acceptors (Lipinski definition) is 4. The molecule has 1 aromatic carbocycles. The van der Waals surface area contributed by atoms with Gasteiger partial charge in [-0.15, -0.1) is 0 Å². The first kappa shape index (κ1) is 14.3. The summed E-state index contributed by atoms with van der Waals surface area (Å²) in [7, 11) is 4.99. The van der Waals surface area contributed by atoms with E-state index in [1.807, 2.05) is 0 Å². The number of nitrogens with one attached hydrogen (secondary N) is 1. The first-order valence-corrected chi connectivity index (χ1v) is 5.76. The number of phenolic OH excluding ortho intramolecular Hbond substituents is 1. The number of phenols is 1. The van der Waals surface area contributed by atoms with Crippen LogP contribution in [0, 0.1) is 0 Å². The Balaban J connectivity index is 2.65. The third-order valence-corrected chi connectivity index (χ3v) is 2.70. The molecule has 2 N–H and O–H groups in total. The minimum atomic E-state index is -0.300. The molecule has 0 aliphatic carbocycles. The molecule has 1 atom stereocenters. The number of nitrogens with zero attached hydrogens (tertiary/aromatic N) is 1. The zero-order chi connectivity index (χ0) is 13.7. The van der Waals surface area contributed by atoms with E-state index in [1.54, 1.807) is 46.3 Å². The molecule has 1 unspecified atom stereocenters. The van der Waals surface area contributed by atoms with Gasteiger partial charge in [-0.25, -0.2) is 0 Å². The van der Waals surface area contributed by atoms with Gasteiger partial charge >= 0.3 is 0 Å². The van der Waals surface area contributed by atoms with E-state index in [1.165, 1.54) is 4.90 Å². The molecule has 100 valence electrons. The third-order valence-electron chi connectivity index (χ3n) is 2.70. The average Bonchev–Trinajstić information content (AvgIpc) is 2.36. The van der Waals surface area contributed by atoms with Crippen LogP contribution in [-0.4, -0.2) is 43.2 Å². The Morgan fingerprint density at radius 1 is 1.50 bits per heavy atom. The van der Waals surface area contributed by atoms with Gasteiger partial charge in [-0.1, -0.05) is 0 Å². The summed E-state index contributed by atoms with van der Waals surface area (Å²) in [6, 6.07) is 4.71. The molecule has 0 spiro atoms. The van der Waals surface area contributed by atoms with Crippen molar-refractivity contribution >= 4 is 5.91 Å². The normalized spacial score (nSPS) is 12.0. The summed E-state index contributed by atoms with van der Waals surface area (Å²) < 4.78 is 5.09. The van der Waals surface area contributed by atoms with E-state index in [9.17, 15) is 9.90 Å². The highest BCUT2D eigenvalue weighted by Gasteiger charge is 2.14. The quantitative estimate of drug-likeness (QED) is 0.819. The Labute approximate surface area is 107 Å². The van der Waals surface area contributed by atoms with E-state index in [2.05, 4.69) is 5.32 Å². The second-order valence-corrected chi connectivity index (χ2v) is 4.33. The molecule has 0 saturated carbocycles. The number of rotatable bonds is 5. The molecular weight excluding hydrogens is 232 g/mol. The number of ether oxygens (including phenoxy) is 1. The fourth-order valence-corrected chi connectivity index (χ4v) is 1.57. The number of carbonyl (C=O) groups is 1. The van der Waals surface area contributed by atoms with Crippen LogP contribution >= 0.6 is 0 Å². The fraction of sp³-hybridized carbons (Fsp3) is 0.462. The van der Waals surface area contributed by atoms with Crippen molar-refractivity contribution in [3.63, 3.8) is 0 Å². The molecule has 0 bridgehead atoms. The van der Waals surface area contributed by atoms with Gasteiger partial charge in [-0.2, -0.15) is 0 Å². The highest BCUT2D eigenvalue weighted by molar-refractivity contribution is 5.80. The van der Waals surface area contributed by atoms with E-state index in [4.69, 9.17) is 4.74 Å². The number of likely N-dealkylation sites (N-methyl/N-ethyl adjacent to an activating group) is 1. The van der Waals surface area contributed by atoms with Gasteiger partial charge in [0, 0.05) is 26.2 Å². The molecule has 1 aromatic rings. The zero-order valence-corrected chi connectivity index (χ0v) is 11.2. The van der Waals surface area contributed by atoms with E-state index < -0.39 is 0 Å². The summed E-state index contributed by atoms with van der Waals surface area (Å²) in [4.78, 5) is 13.2.